The number of hydrogen-bond donors (Lipinski definition) is 8. The third kappa shape index (κ3) is 21.8. The minimum absolute atomic E-state index is 0.000363. The Morgan fingerprint density at radius 2 is 0.727 bits per heavy atom. The summed E-state index contributed by atoms with van der Waals surface area (Å²) in [6.45, 7) is 23.1. The molecule has 40 heteroatoms. The Hall–Kier alpha value is -15.9. The number of nitrogens with zero attached hydrogens (tertiary/aromatic N) is 23. The van der Waals surface area contributed by atoms with E-state index < -0.39 is 0 Å². The van der Waals surface area contributed by atoms with Gasteiger partial charge in [-0.1, -0.05) is 0 Å². The van der Waals surface area contributed by atoms with Crippen LogP contribution in [-0.2, 0) is 52.0 Å². The highest BCUT2D eigenvalue weighted by Crippen LogP contribution is 2.37. The van der Waals surface area contributed by atoms with E-state index in [4.69, 9.17) is 14.2 Å². The fourth-order valence-corrected chi connectivity index (χ4v) is 19.2. The van der Waals surface area contributed by atoms with Crippen molar-refractivity contribution in [3.05, 3.63) is 217 Å². The standard InChI is InChI=1S/2C27H30N8O3.C26H32N8O.C23H25N7O2/c1-17-10-19(30-26-28-7-4-20(32-26)22-13-33(2)16-29-22)11-18-12-21(31-24(17)18)25(37)35-8-5-27(6-9-35)15-38-14-23(36)34(27)3;1-17-12-19(30-27-28-6-5-20(32-27)22-15-33(2)16-29-22)13-18-14-21(31-24(17)18)25(36)34-7-9-35(10-8-34)26(37)23-4-3-11-38-23;1-17(2)33-8-5-9-34(11-10-33)25(35)22-14-19-13-20(12-18(3)24(19)30-22)29-26-27-7-6-21(31-26)23-15-32(4)16-28-23;1-15-10-17(26-23-24-5-4-18(28-23)20-13-29(2)14-25-20)11-16-12-19(27-21(15)16)22(31)30-6-3-8-32-9-7-30/h4,7,10-13,16,31H,5-6,8-9,14-15H2,1-3H3,(H,28,30,32);5-6,12-16,23,31H,3-4,7-11H2,1-2H3,(H,28,30,32);6-7,12-17,30H,5,8-11H2,1-4H3,(H,27,29,31);4-5,10-14,27H,3,6-9H2,1-2H3,(H,24,26,28). The van der Waals surface area contributed by atoms with Crippen LogP contribution in [-0.4, -0.2) is 304 Å². The fraction of sp³-hybridized carbons (Fsp3) is 0.359. The number of ether oxygens (including phenoxy) is 3. The molecule has 18 heterocycles. The Balaban J connectivity index is 0.000000121. The molecule has 40 nitrogen and oxygen atoms in total. The summed E-state index contributed by atoms with van der Waals surface area (Å²) in [5, 5.41) is 16.9. The average Bonchev–Trinajstić information content (AvgIpc) is 1.77. The van der Waals surface area contributed by atoms with Gasteiger partial charge in [0.25, 0.3) is 29.5 Å². The molecule has 4 aromatic carbocycles. The highest BCUT2D eigenvalue weighted by atomic mass is 16.5. The van der Waals surface area contributed by atoms with Crippen LogP contribution >= 0.6 is 0 Å². The summed E-state index contributed by atoms with van der Waals surface area (Å²) in [5.41, 5.74) is 19.3. The number of fused-ring (bicyclic) bond motifs is 4. The van der Waals surface area contributed by atoms with Gasteiger partial charge in [-0.3, -0.25) is 33.7 Å². The molecule has 0 radical (unpaired) electrons. The first kappa shape index (κ1) is 96.0. The van der Waals surface area contributed by atoms with Crippen LogP contribution in [0.15, 0.2) is 172 Å². The summed E-state index contributed by atoms with van der Waals surface area (Å²) in [6.07, 6.45) is 26.1. The van der Waals surface area contributed by atoms with Gasteiger partial charge >= 0.3 is 0 Å². The number of morpholine rings is 1. The number of carbonyl (C=O) groups excluding carboxylic acids is 6. The number of likely N-dealkylation sites (tertiary alicyclic amines) is 1. The molecule has 738 valence electrons. The zero-order valence-corrected chi connectivity index (χ0v) is 82.0. The van der Waals surface area contributed by atoms with Crippen molar-refractivity contribution in [1.82, 2.24) is 132 Å². The van der Waals surface area contributed by atoms with Crippen molar-refractivity contribution in [1.29, 1.82) is 0 Å². The fourth-order valence-electron chi connectivity index (χ4n) is 19.2. The van der Waals surface area contributed by atoms with Crippen molar-refractivity contribution in [2.24, 2.45) is 28.2 Å². The van der Waals surface area contributed by atoms with Crippen molar-refractivity contribution in [2.45, 2.75) is 97.8 Å². The highest BCUT2D eigenvalue weighted by molar-refractivity contribution is 6.03. The molecule has 6 saturated heterocycles. The van der Waals surface area contributed by atoms with Crippen LogP contribution in [0.1, 0.15) is 117 Å². The number of amides is 6. The lowest BCUT2D eigenvalue weighted by molar-refractivity contribution is -0.158. The average molecular weight is 1930 g/mol. The second kappa shape index (κ2) is 41.8. The first-order valence-corrected chi connectivity index (χ1v) is 48.3. The van der Waals surface area contributed by atoms with Crippen molar-refractivity contribution in [2.75, 3.05) is 140 Å². The summed E-state index contributed by atoms with van der Waals surface area (Å²) in [6, 6.07) is 31.5. The maximum atomic E-state index is 13.4. The number of H-pyrrole nitrogens is 4. The van der Waals surface area contributed by atoms with Gasteiger partial charge in [-0.25, -0.2) is 59.8 Å². The van der Waals surface area contributed by atoms with E-state index in [0.717, 1.165) is 186 Å². The Morgan fingerprint density at radius 1 is 0.378 bits per heavy atom. The predicted molar refractivity (Wildman–Crippen MR) is 544 cm³/mol. The molecule has 0 saturated carbocycles. The number of piperidine rings is 1. The van der Waals surface area contributed by atoms with Gasteiger partial charge in [0.15, 0.2) is 0 Å². The molecular weight excluding hydrogens is 1820 g/mol. The number of carbonyl (C=O) groups is 6. The zero-order valence-electron chi connectivity index (χ0n) is 82.0. The number of rotatable bonds is 18. The second-order valence-electron chi connectivity index (χ2n) is 37.6. The molecule has 143 heavy (non-hydrogen) atoms. The highest BCUT2D eigenvalue weighted by Gasteiger charge is 2.45. The predicted octanol–water partition coefficient (Wildman–Crippen LogP) is 13.0. The van der Waals surface area contributed by atoms with E-state index in [9.17, 15) is 28.8 Å². The number of aromatic amines is 4. The van der Waals surface area contributed by atoms with Gasteiger partial charge in [-0.05, 0) is 199 Å². The molecule has 6 amide bonds. The zero-order chi connectivity index (χ0) is 99.3. The van der Waals surface area contributed by atoms with Gasteiger partial charge in [-0.15, -0.1) is 0 Å². The lowest BCUT2D eigenvalue weighted by Gasteiger charge is -2.49. The van der Waals surface area contributed by atoms with Crippen LogP contribution in [0.2, 0.25) is 0 Å². The lowest BCUT2D eigenvalue weighted by atomic mass is 9.85. The van der Waals surface area contributed by atoms with E-state index in [1.54, 1.807) is 55.0 Å². The maximum Gasteiger partial charge on any atom is 0.270 e. The number of nitrogens with one attached hydrogen (secondary N) is 8. The van der Waals surface area contributed by atoms with E-state index >= 15 is 0 Å². The Labute approximate surface area is 824 Å². The summed E-state index contributed by atoms with van der Waals surface area (Å²) in [5.74, 6) is 1.93. The molecule has 12 aromatic heterocycles. The Morgan fingerprint density at radius 3 is 1.08 bits per heavy atom. The molecule has 0 aliphatic carbocycles. The second-order valence-corrected chi connectivity index (χ2v) is 37.6. The van der Waals surface area contributed by atoms with E-state index in [1.807, 2.05) is 228 Å². The van der Waals surface area contributed by atoms with Crippen LogP contribution in [0.3, 0.4) is 0 Å². The summed E-state index contributed by atoms with van der Waals surface area (Å²) >= 11 is 0. The summed E-state index contributed by atoms with van der Waals surface area (Å²) in [7, 11) is 9.52. The number of benzene rings is 4. The summed E-state index contributed by atoms with van der Waals surface area (Å²) in [4.78, 5) is 158. The normalized spacial score (nSPS) is 16.3. The largest absolute Gasteiger partial charge is 0.380 e. The Kier molecular flexibility index (Phi) is 28.1. The number of hydrogen-bond acceptors (Lipinski definition) is 26. The molecule has 1 spiro atoms. The SMILES string of the molecule is Cc1cc(Nc2nccc(-c3cn(C)cn3)n2)cc2cc(C(=O)N3CCC4(CC3)COCC(=O)N4C)[nH]c12.Cc1cc(Nc2nccc(-c3cn(C)cn3)n2)cc2cc(C(=O)N3CCCN(C(C)C)CC3)[nH]c12.Cc1cc(Nc2nccc(-c3cn(C)cn3)n2)cc2cc(C(=O)N3CCCOCC3)[nH]c12.Cc1cc(Nc2nccc(-c3cn(C)cn3)n2)cc2cc(C(=O)N3CCN(C(=O)C4CCCO4)CC3)[nH]c12. The third-order valence-electron chi connectivity index (χ3n) is 26.9. The molecule has 1 atom stereocenters. The molecule has 8 N–H and O–H groups in total. The minimum atomic E-state index is -0.320. The van der Waals surface area contributed by atoms with Gasteiger partial charge in [0.05, 0.1) is 66.8 Å². The quantitative estimate of drug-likeness (QED) is 0.0395. The number of piperazine rings is 1. The molecule has 6 aliphatic rings. The van der Waals surface area contributed by atoms with Gasteiger partial charge in [0.1, 0.15) is 58.3 Å². The molecular formula is C103H117N31O9. The van der Waals surface area contributed by atoms with Crippen LogP contribution < -0.4 is 21.3 Å². The van der Waals surface area contributed by atoms with E-state index in [-0.39, 0.29) is 53.7 Å². The molecule has 1 unspecified atom stereocenters. The van der Waals surface area contributed by atoms with Gasteiger partial charge in [-0.2, -0.15) is 0 Å². The number of aryl methyl sites for hydroxylation is 8. The van der Waals surface area contributed by atoms with E-state index in [1.165, 1.54) is 0 Å². The molecule has 6 fully saturated rings. The lowest BCUT2D eigenvalue weighted by Crippen LogP contribution is -2.62. The van der Waals surface area contributed by atoms with Crippen LogP contribution in [0.4, 0.5) is 46.5 Å². The van der Waals surface area contributed by atoms with Crippen molar-refractivity contribution in [3.8, 4) is 45.6 Å². The maximum absolute atomic E-state index is 13.4. The van der Waals surface area contributed by atoms with Crippen LogP contribution in [0.5, 0.6) is 0 Å². The van der Waals surface area contributed by atoms with Crippen LogP contribution in [0.25, 0.3) is 89.2 Å². The van der Waals surface area contributed by atoms with E-state index in [0.29, 0.717) is 144 Å². The number of aromatic nitrogens is 20. The molecule has 6 aliphatic heterocycles. The minimum Gasteiger partial charge on any atom is -0.380 e. The van der Waals surface area contributed by atoms with Gasteiger partial charge < -0.3 is 103 Å². The van der Waals surface area contributed by atoms with Crippen LogP contribution in [0, 0.1) is 27.7 Å². The number of anilines is 8. The first-order valence-electron chi connectivity index (χ1n) is 48.3. The first-order chi connectivity index (χ1) is 69.2. The van der Waals surface area contributed by atoms with Gasteiger partial charge in [0, 0.05) is 249 Å². The number of likely N-dealkylation sites (N-methyl/N-ethyl adjacent to an activating group) is 1. The van der Waals surface area contributed by atoms with Crippen molar-refractivity contribution in [3.63, 3.8) is 0 Å². The molecule has 16 aromatic rings. The summed E-state index contributed by atoms with van der Waals surface area (Å²) < 4.78 is 24.1. The van der Waals surface area contributed by atoms with Crippen molar-refractivity contribution < 1.29 is 43.0 Å². The monoisotopic (exact) mass is 1930 g/mol. The smallest absolute Gasteiger partial charge is 0.270 e. The third-order valence-corrected chi connectivity index (χ3v) is 26.9. The van der Waals surface area contributed by atoms with Crippen molar-refractivity contribution >= 4 is 126 Å². The number of imidazole rings is 4. The topological polar surface area (TPSA) is 438 Å². The Bertz CT molecular complexity index is 7370. The van der Waals surface area contributed by atoms with Gasteiger partial charge in [0.2, 0.25) is 29.7 Å². The molecule has 22 rings (SSSR count). The van der Waals surface area contributed by atoms with E-state index in [2.05, 4.69) is 120 Å². The molecule has 0 bridgehead atoms.